The van der Waals surface area contributed by atoms with Gasteiger partial charge in [-0.15, -0.1) is 11.6 Å². The Kier molecular flexibility index (Phi) is 5.36. The van der Waals surface area contributed by atoms with Gasteiger partial charge >= 0.3 is 0 Å². The number of halogens is 1. The third-order valence-corrected chi connectivity index (χ3v) is 4.26. The minimum atomic E-state index is 0.413. The summed E-state index contributed by atoms with van der Waals surface area (Å²) >= 11 is 6.24. The van der Waals surface area contributed by atoms with E-state index in [9.17, 15) is 0 Å². The van der Waals surface area contributed by atoms with Crippen molar-refractivity contribution < 1.29 is 4.74 Å². The molecular formula is C12H23ClN2O. The van der Waals surface area contributed by atoms with Gasteiger partial charge in [0.25, 0.3) is 0 Å². The van der Waals surface area contributed by atoms with E-state index in [1.807, 2.05) is 0 Å². The van der Waals surface area contributed by atoms with E-state index < -0.39 is 0 Å². The van der Waals surface area contributed by atoms with Gasteiger partial charge in [0.05, 0.1) is 13.2 Å². The van der Waals surface area contributed by atoms with Crippen LogP contribution in [0.3, 0.4) is 0 Å². The van der Waals surface area contributed by atoms with Crippen LogP contribution in [-0.2, 0) is 4.74 Å². The molecule has 2 rings (SSSR count). The Labute approximate surface area is 103 Å². The molecule has 0 amide bonds. The number of ether oxygens (including phenoxy) is 1. The van der Waals surface area contributed by atoms with Crippen molar-refractivity contribution in [3.05, 3.63) is 0 Å². The van der Waals surface area contributed by atoms with Gasteiger partial charge < -0.3 is 10.1 Å². The lowest BCUT2D eigenvalue weighted by atomic mass is 10.1. The van der Waals surface area contributed by atoms with E-state index in [1.54, 1.807) is 0 Å². The number of nitrogens with zero attached hydrogens (tertiary/aromatic N) is 1. The Morgan fingerprint density at radius 2 is 2.06 bits per heavy atom. The highest BCUT2D eigenvalue weighted by Crippen LogP contribution is 2.29. The first-order chi connectivity index (χ1) is 7.86. The van der Waals surface area contributed by atoms with E-state index in [2.05, 4.69) is 10.2 Å². The lowest BCUT2D eigenvalue weighted by Crippen LogP contribution is -2.41. The fourth-order valence-electron chi connectivity index (χ4n) is 2.57. The number of hydrogen-bond donors (Lipinski definition) is 1. The number of alkyl halides is 1. The summed E-state index contributed by atoms with van der Waals surface area (Å²) in [5.41, 5.74) is 0. The molecule has 2 aliphatic rings. The van der Waals surface area contributed by atoms with Crippen LogP contribution in [0.25, 0.3) is 0 Å². The minimum Gasteiger partial charge on any atom is -0.379 e. The summed E-state index contributed by atoms with van der Waals surface area (Å²) in [5.74, 6) is 0.700. The summed E-state index contributed by atoms with van der Waals surface area (Å²) in [6.07, 6.45) is 3.82. The van der Waals surface area contributed by atoms with E-state index in [0.29, 0.717) is 11.3 Å². The minimum absolute atomic E-state index is 0.413. The monoisotopic (exact) mass is 246 g/mol. The van der Waals surface area contributed by atoms with E-state index >= 15 is 0 Å². The molecule has 1 saturated carbocycles. The van der Waals surface area contributed by atoms with Crippen LogP contribution in [0.5, 0.6) is 0 Å². The van der Waals surface area contributed by atoms with Crippen LogP contribution in [0.4, 0.5) is 0 Å². The van der Waals surface area contributed by atoms with Crippen molar-refractivity contribution in [1.29, 1.82) is 0 Å². The number of rotatable bonds is 5. The van der Waals surface area contributed by atoms with Gasteiger partial charge in [0.1, 0.15) is 0 Å². The zero-order valence-electron chi connectivity index (χ0n) is 9.96. The van der Waals surface area contributed by atoms with Crippen LogP contribution in [0.2, 0.25) is 0 Å². The Morgan fingerprint density at radius 3 is 2.75 bits per heavy atom. The van der Waals surface area contributed by atoms with Crippen molar-refractivity contribution in [1.82, 2.24) is 10.2 Å². The fourth-order valence-corrected chi connectivity index (χ4v) is 2.94. The molecule has 4 heteroatoms. The highest BCUT2D eigenvalue weighted by molar-refractivity contribution is 6.20. The molecule has 0 spiro atoms. The second kappa shape index (κ2) is 6.80. The average Bonchev–Trinajstić information content (AvgIpc) is 2.72. The van der Waals surface area contributed by atoms with Gasteiger partial charge in [-0.1, -0.05) is 6.42 Å². The molecule has 0 bridgehead atoms. The molecule has 2 fully saturated rings. The molecule has 0 aromatic rings. The Morgan fingerprint density at radius 1 is 1.25 bits per heavy atom. The highest BCUT2D eigenvalue weighted by atomic mass is 35.5. The molecule has 3 nitrogen and oxygen atoms in total. The van der Waals surface area contributed by atoms with Crippen LogP contribution in [0.15, 0.2) is 0 Å². The zero-order chi connectivity index (χ0) is 11.2. The summed E-state index contributed by atoms with van der Waals surface area (Å²) in [5, 5.41) is 3.95. The van der Waals surface area contributed by atoms with Gasteiger partial charge in [0.2, 0.25) is 0 Å². The number of nitrogens with one attached hydrogen (secondary N) is 1. The van der Waals surface area contributed by atoms with Gasteiger partial charge in [-0.25, -0.2) is 0 Å². The fraction of sp³-hybridized carbons (Fsp3) is 1.00. The first-order valence-corrected chi connectivity index (χ1v) is 6.95. The number of morpholine rings is 1. The Hall–Kier alpha value is 0.170. The van der Waals surface area contributed by atoms with Crippen molar-refractivity contribution in [2.24, 2.45) is 5.92 Å². The van der Waals surface area contributed by atoms with Crippen molar-refractivity contribution in [3.8, 4) is 0 Å². The highest BCUT2D eigenvalue weighted by Gasteiger charge is 2.24. The first-order valence-electron chi connectivity index (χ1n) is 6.51. The number of hydrogen-bond acceptors (Lipinski definition) is 3. The van der Waals surface area contributed by atoms with Gasteiger partial charge in [0.15, 0.2) is 0 Å². The van der Waals surface area contributed by atoms with Crippen LogP contribution >= 0.6 is 11.6 Å². The summed E-state index contributed by atoms with van der Waals surface area (Å²) in [6.45, 7) is 7.28. The van der Waals surface area contributed by atoms with Crippen molar-refractivity contribution >= 4 is 11.6 Å². The predicted molar refractivity (Wildman–Crippen MR) is 67.1 cm³/mol. The molecule has 1 heterocycles. The second-order valence-corrected chi connectivity index (χ2v) is 5.43. The smallest absolute Gasteiger partial charge is 0.0594 e. The zero-order valence-corrected chi connectivity index (χ0v) is 10.7. The summed E-state index contributed by atoms with van der Waals surface area (Å²) in [6, 6.07) is 0. The van der Waals surface area contributed by atoms with Gasteiger partial charge in [0, 0.05) is 31.6 Å². The summed E-state index contributed by atoms with van der Waals surface area (Å²) < 4.78 is 5.32. The van der Waals surface area contributed by atoms with Crippen LogP contribution in [0.1, 0.15) is 19.3 Å². The quantitative estimate of drug-likeness (QED) is 0.585. The molecule has 94 valence electrons. The molecule has 0 aromatic heterocycles. The molecule has 2 atom stereocenters. The average molecular weight is 247 g/mol. The third kappa shape index (κ3) is 3.88. The van der Waals surface area contributed by atoms with Crippen molar-refractivity contribution in [2.75, 3.05) is 45.9 Å². The molecule has 16 heavy (non-hydrogen) atoms. The lowest BCUT2D eigenvalue weighted by Gasteiger charge is -2.26. The normalized spacial score (nSPS) is 32.1. The summed E-state index contributed by atoms with van der Waals surface area (Å²) in [4.78, 5) is 2.46. The van der Waals surface area contributed by atoms with E-state index in [-0.39, 0.29) is 0 Å². The van der Waals surface area contributed by atoms with E-state index in [4.69, 9.17) is 16.3 Å². The van der Waals surface area contributed by atoms with E-state index in [1.165, 1.54) is 19.3 Å². The first kappa shape index (κ1) is 12.6. The predicted octanol–water partition coefficient (Wildman–Crippen LogP) is 1.32. The molecule has 0 aromatic carbocycles. The topological polar surface area (TPSA) is 24.5 Å². The molecule has 1 aliphatic heterocycles. The van der Waals surface area contributed by atoms with Crippen LogP contribution in [-0.4, -0.2) is 56.2 Å². The van der Waals surface area contributed by atoms with Crippen LogP contribution < -0.4 is 5.32 Å². The van der Waals surface area contributed by atoms with E-state index in [0.717, 1.165) is 45.9 Å². The van der Waals surface area contributed by atoms with Crippen molar-refractivity contribution in [3.63, 3.8) is 0 Å². The second-order valence-electron chi connectivity index (χ2n) is 4.87. The largest absolute Gasteiger partial charge is 0.379 e. The molecule has 0 radical (unpaired) electrons. The molecule has 1 aliphatic carbocycles. The lowest BCUT2D eigenvalue weighted by molar-refractivity contribution is 0.0383. The standard InChI is InChI=1S/C12H23ClN2O/c13-12-3-1-2-11(12)10-14-4-5-15-6-8-16-9-7-15/h11-12,14H,1-10H2. The van der Waals surface area contributed by atoms with Crippen LogP contribution in [0, 0.1) is 5.92 Å². The molecule has 2 unspecified atom stereocenters. The Bertz CT molecular complexity index is 197. The maximum atomic E-state index is 6.24. The maximum absolute atomic E-state index is 6.24. The maximum Gasteiger partial charge on any atom is 0.0594 e. The Balaban J connectivity index is 1.51. The molecule has 1 saturated heterocycles. The van der Waals surface area contributed by atoms with Gasteiger partial charge in [-0.3, -0.25) is 4.90 Å². The van der Waals surface area contributed by atoms with Crippen molar-refractivity contribution in [2.45, 2.75) is 24.6 Å². The molecule has 1 N–H and O–H groups in total. The van der Waals surface area contributed by atoms with Gasteiger partial charge in [-0.2, -0.15) is 0 Å². The summed E-state index contributed by atoms with van der Waals surface area (Å²) in [7, 11) is 0. The van der Waals surface area contributed by atoms with Gasteiger partial charge in [-0.05, 0) is 25.3 Å². The molecular weight excluding hydrogens is 224 g/mol. The SMILES string of the molecule is ClC1CCCC1CNCCN1CCOCC1. The third-order valence-electron chi connectivity index (χ3n) is 3.68.